The van der Waals surface area contributed by atoms with Crippen LogP contribution in [0.3, 0.4) is 0 Å². The smallest absolute Gasteiger partial charge is 0.308 e. The number of hydrogen-bond acceptors (Lipinski definition) is 9. The molecule has 246 valence electrons. The number of nitrogens with two attached hydrogens (primary N) is 1. The number of hydrogen-bond donors (Lipinski definition) is 4. The van der Waals surface area contributed by atoms with Gasteiger partial charge in [0.15, 0.2) is 5.82 Å². The van der Waals surface area contributed by atoms with E-state index in [0.29, 0.717) is 49.4 Å². The molecule has 2 fully saturated rings. The molecule has 13 nitrogen and oxygen atoms in total. The van der Waals surface area contributed by atoms with Crippen LogP contribution in [0.25, 0.3) is 10.9 Å². The Hall–Kier alpha value is -5.02. The highest BCUT2D eigenvalue weighted by molar-refractivity contribution is 7.91. The Labute approximate surface area is 270 Å². The molecule has 0 spiro atoms. The van der Waals surface area contributed by atoms with Crippen LogP contribution in [0, 0.1) is 11.7 Å². The van der Waals surface area contributed by atoms with E-state index in [1.165, 1.54) is 30.3 Å². The number of nitrogens with zero attached hydrogens (tertiary/aromatic N) is 4. The molecule has 3 aromatic carbocycles. The first-order valence-corrected chi connectivity index (χ1v) is 16.6. The van der Waals surface area contributed by atoms with Crippen molar-refractivity contribution in [2.45, 2.75) is 22.6 Å². The third kappa shape index (κ3) is 6.36. The highest BCUT2D eigenvalue weighted by atomic mass is 32.2. The van der Waals surface area contributed by atoms with Gasteiger partial charge in [0.25, 0.3) is 5.91 Å². The molecule has 4 aromatic rings. The Morgan fingerprint density at radius 3 is 2.36 bits per heavy atom. The van der Waals surface area contributed by atoms with Crippen LogP contribution < -0.4 is 20.9 Å². The first-order chi connectivity index (χ1) is 22.4. The molecular weight excluding hydrogens is 629 g/mol. The summed E-state index contributed by atoms with van der Waals surface area (Å²) in [6.07, 6.45) is 1.17. The average Bonchev–Trinajstić information content (AvgIpc) is 3.46. The minimum Gasteiger partial charge on any atom is -0.481 e. The summed E-state index contributed by atoms with van der Waals surface area (Å²) in [5.74, 6) is -3.73. The number of amides is 2. The first-order valence-electron chi connectivity index (χ1n) is 15.1. The molecule has 1 unspecified atom stereocenters. The molecule has 2 amide bonds. The molecule has 3 heterocycles. The minimum absolute atomic E-state index is 0.00493. The zero-order valence-electron chi connectivity index (χ0n) is 25.6. The van der Waals surface area contributed by atoms with E-state index in [2.05, 4.69) is 25.3 Å². The van der Waals surface area contributed by atoms with E-state index < -0.39 is 39.4 Å². The summed E-state index contributed by atoms with van der Waals surface area (Å²) in [5, 5.41) is 19.6. The maximum atomic E-state index is 13.9. The van der Waals surface area contributed by atoms with Gasteiger partial charge in [0, 0.05) is 44.7 Å². The van der Waals surface area contributed by atoms with E-state index in [1.807, 2.05) is 11.9 Å². The van der Waals surface area contributed by atoms with Crippen LogP contribution in [-0.2, 0) is 14.6 Å². The monoisotopic (exact) mass is 663 g/mol. The number of rotatable bonds is 8. The molecule has 15 heteroatoms. The van der Waals surface area contributed by atoms with Gasteiger partial charge in [-0.05, 0) is 68.4 Å². The fourth-order valence-electron chi connectivity index (χ4n) is 6.12. The number of fused-ring (bicyclic) bond motifs is 1. The normalized spacial score (nSPS) is 17.5. The lowest BCUT2D eigenvalue weighted by Crippen LogP contribution is -2.46. The number of sulfone groups is 1. The minimum atomic E-state index is -4.10. The lowest BCUT2D eigenvalue weighted by atomic mass is 9.95. The summed E-state index contributed by atoms with van der Waals surface area (Å²) in [7, 11) is -2.09. The van der Waals surface area contributed by atoms with E-state index in [1.54, 1.807) is 12.1 Å². The summed E-state index contributed by atoms with van der Waals surface area (Å²) in [4.78, 5) is 44.4. The van der Waals surface area contributed by atoms with E-state index in [0.717, 1.165) is 25.2 Å². The molecule has 2 aliphatic heterocycles. The number of primary amides is 1. The molecule has 0 aliphatic carbocycles. The van der Waals surface area contributed by atoms with Gasteiger partial charge < -0.3 is 30.9 Å². The number of halogens is 1. The van der Waals surface area contributed by atoms with Crippen molar-refractivity contribution >= 4 is 55.7 Å². The summed E-state index contributed by atoms with van der Waals surface area (Å²) in [6, 6.07) is 12.0. The summed E-state index contributed by atoms with van der Waals surface area (Å²) in [5.41, 5.74) is 7.47. The zero-order chi connectivity index (χ0) is 33.5. The van der Waals surface area contributed by atoms with Crippen molar-refractivity contribution in [3.8, 4) is 0 Å². The lowest BCUT2D eigenvalue weighted by Gasteiger charge is -2.39. The number of piperidine rings is 1. The third-order valence-corrected chi connectivity index (χ3v) is 10.5. The van der Waals surface area contributed by atoms with Crippen LogP contribution >= 0.6 is 0 Å². The first kappa shape index (κ1) is 31.9. The topological polar surface area (TPSA) is 182 Å². The molecule has 0 radical (unpaired) electrons. The number of carbonyl (C=O) groups excluding carboxylic acids is 2. The SMILES string of the molecule is CN1CCN(c2cc(C(N)=O)c(C(=O)Nc3n[nH]c4ccc(S(=O)(=O)c5cccc(F)c5)cc34)cc2N2CCCC(C(=O)O)C2)CC1. The Kier molecular flexibility index (Phi) is 8.59. The van der Waals surface area contributed by atoms with E-state index in [9.17, 15) is 32.3 Å². The van der Waals surface area contributed by atoms with Crippen molar-refractivity contribution < 1.29 is 32.3 Å². The largest absolute Gasteiger partial charge is 0.481 e. The number of nitrogens with one attached hydrogen (secondary N) is 2. The Morgan fingerprint density at radius 2 is 1.66 bits per heavy atom. The van der Waals surface area contributed by atoms with Crippen molar-refractivity contribution in [3.63, 3.8) is 0 Å². The Balaban J connectivity index is 1.39. The van der Waals surface area contributed by atoms with Gasteiger partial charge in [-0.2, -0.15) is 5.10 Å². The number of aromatic amines is 1. The van der Waals surface area contributed by atoms with E-state index in [-0.39, 0.29) is 38.7 Å². The van der Waals surface area contributed by atoms with Crippen molar-refractivity contribution in [1.29, 1.82) is 0 Å². The molecule has 1 atom stereocenters. The van der Waals surface area contributed by atoms with Gasteiger partial charge in [-0.25, -0.2) is 12.8 Å². The number of carboxylic acid groups (broad SMARTS) is 1. The average molecular weight is 664 g/mol. The molecule has 47 heavy (non-hydrogen) atoms. The number of anilines is 3. The number of carboxylic acids is 1. The maximum absolute atomic E-state index is 13.9. The van der Waals surface area contributed by atoms with Crippen LogP contribution in [0.1, 0.15) is 33.6 Å². The van der Waals surface area contributed by atoms with Crippen molar-refractivity contribution in [1.82, 2.24) is 15.1 Å². The van der Waals surface area contributed by atoms with E-state index >= 15 is 0 Å². The summed E-state index contributed by atoms with van der Waals surface area (Å²) >= 11 is 0. The van der Waals surface area contributed by atoms with Crippen molar-refractivity contribution in [2.75, 3.05) is 61.4 Å². The second-order valence-corrected chi connectivity index (χ2v) is 13.8. The zero-order valence-corrected chi connectivity index (χ0v) is 26.4. The van der Waals surface area contributed by atoms with Crippen LogP contribution in [0.4, 0.5) is 21.6 Å². The standard InChI is InChI=1S/C32H34FN7O6S/c1-38-10-12-39(13-11-38)27-16-23(29(34)41)24(17-28(27)40-9-3-4-19(18-40)32(43)44)31(42)35-30-25-15-22(7-8-26(25)36-37-30)47(45,46)21-6-2-5-20(33)14-21/h2,5-8,14-17,19H,3-4,9-13,18H2,1H3,(H2,34,41)(H,43,44)(H2,35,36,37,42). The van der Waals surface area contributed by atoms with Gasteiger partial charge in [-0.3, -0.25) is 19.5 Å². The number of aromatic nitrogens is 2. The van der Waals surface area contributed by atoms with Crippen LogP contribution in [0.15, 0.2) is 64.4 Å². The quantitative estimate of drug-likeness (QED) is 0.219. The van der Waals surface area contributed by atoms with Crippen LogP contribution in [0.5, 0.6) is 0 Å². The van der Waals surface area contributed by atoms with Gasteiger partial charge >= 0.3 is 5.97 Å². The maximum Gasteiger partial charge on any atom is 0.308 e. The second kappa shape index (κ2) is 12.6. The van der Waals surface area contributed by atoms with Crippen molar-refractivity contribution in [3.05, 3.63) is 71.5 Å². The predicted molar refractivity (Wildman–Crippen MR) is 173 cm³/mol. The van der Waals surface area contributed by atoms with Crippen LogP contribution in [0.2, 0.25) is 0 Å². The third-order valence-electron chi connectivity index (χ3n) is 8.76. The summed E-state index contributed by atoms with van der Waals surface area (Å²) < 4.78 is 40.4. The molecule has 0 saturated carbocycles. The molecule has 5 N–H and O–H groups in total. The van der Waals surface area contributed by atoms with Gasteiger partial charge in [-0.1, -0.05) is 6.07 Å². The lowest BCUT2D eigenvalue weighted by molar-refractivity contribution is -0.141. The van der Waals surface area contributed by atoms with E-state index in [4.69, 9.17) is 5.73 Å². The number of aliphatic carboxylic acids is 1. The number of benzene rings is 3. The predicted octanol–water partition coefficient (Wildman–Crippen LogP) is 2.94. The van der Waals surface area contributed by atoms with Gasteiger partial charge in [0.2, 0.25) is 15.7 Å². The summed E-state index contributed by atoms with van der Waals surface area (Å²) in [6.45, 7) is 3.66. The molecule has 2 saturated heterocycles. The highest BCUT2D eigenvalue weighted by Crippen LogP contribution is 2.37. The molecule has 1 aromatic heterocycles. The van der Waals surface area contributed by atoms with Gasteiger partial charge in [0.1, 0.15) is 5.82 Å². The fraction of sp³-hybridized carbons (Fsp3) is 0.312. The fourth-order valence-corrected chi connectivity index (χ4v) is 7.44. The van der Waals surface area contributed by atoms with Gasteiger partial charge in [0.05, 0.1) is 43.7 Å². The highest BCUT2D eigenvalue weighted by Gasteiger charge is 2.31. The Bertz CT molecular complexity index is 1990. The molecule has 0 bridgehead atoms. The molecule has 6 rings (SSSR count). The molecule has 2 aliphatic rings. The number of carbonyl (C=O) groups is 3. The second-order valence-electron chi connectivity index (χ2n) is 11.9. The number of likely N-dealkylation sites (N-methyl/N-ethyl adjacent to an activating group) is 1. The molecular formula is C32H34FN7O6S. The Morgan fingerprint density at radius 1 is 0.957 bits per heavy atom. The van der Waals surface area contributed by atoms with Crippen molar-refractivity contribution in [2.24, 2.45) is 11.7 Å². The number of piperazine rings is 1. The number of H-pyrrole nitrogens is 1. The van der Waals surface area contributed by atoms with Crippen LogP contribution in [-0.4, -0.2) is 92.7 Å². The van der Waals surface area contributed by atoms with Gasteiger partial charge in [-0.15, -0.1) is 0 Å².